The Kier molecular flexibility index (Phi) is 1.70. The first-order valence-electron chi connectivity index (χ1n) is 3.70. The Labute approximate surface area is 62.4 Å². The molecule has 1 aliphatic rings. The molecule has 10 heavy (non-hydrogen) atoms. The molecule has 0 saturated heterocycles. The van der Waals surface area contributed by atoms with E-state index in [0.717, 1.165) is 12.8 Å². The minimum absolute atomic E-state index is 0.00347. The molecule has 1 atom stereocenters. The minimum Gasteiger partial charge on any atom is -0.305 e. The predicted molar refractivity (Wildman–Crippen MR) is 40.4 cm³/mol. The molecule has 0 aromatic heterocycles. The molecule has 56 valence electrons. The maximum absolute atomic E-state index is 8.80. The van der Waals surface area contributed by atoms with Crippen molar-refractivity contribution in [2.24, 2.45) is 5.41 Å². The van der Waals surface area contributed by atoms with E-state index in [2.05, 4.69) is 17.9 Å². The number of rotatable bonds is 2. The number of nitriles is 1. The smallest absolute Gasteiger partial charge is 0.0727 e. The molecule has 0 aromatic rings. The van der Waals surface area contributed by atoms with E-state index in [1.807, 2.05) is 14.1 Å². The van der Waals surface area contributed by atoms with Crippen LogP contribution in [0.3, 0.4) is 0 Å². The molecule has 0 amide bonds. The van der Waals surface area contributed by atoms with Crippen LogP contribution in [0.4, 0.5) is 0 Å². The number of hydrogen-bond donors (Lipinski definition) is 0. The lowest BCUT2D eigenvalue weighted by Crippen LogP contribution is -2.32. The van der Waals surface area contributed by atoms with Crippen molar-refractivity contribution >= 4 is 0 Å². The second-order valence-corrected chi connectivity index (χ2v) is 3.41. The summed E-state index contributed by atoms with van der Waals surface area (Å²) >= 11 is 0. The Morgan fingerprint density at radius 2 is 2.00 bits per heavy atom. The standard InChI is InChI=1S/C8H14N2/c1-7(10(2)3)8(6-9)4-5-8/h7H,4-5H2,1-3H3. The molecule has 1 saturated carbocycles. The molecule has 0 aliphatic heterocycles. The van der Waals surface area contributed by atoms with Crippen molar-refractivity contribution in [2.45, 2.75) is 25.8 Å². The van der Waals surface area contributed by atoms with Crippen molar-refractivity contribution in [3.8, 4) is 6.07 Å². The summed E-state index contributed by atoms with van der Waals surface area (Å²) in [5.41, 5.74) is 0.00347. The summed E-state index contributed by atoms with van der Waals surface area (Å²) in [4.78, 5) is 2.12. The van der Waals surface area contributed by atoms with Gasteiger partial charge in [0.05, 0.1) is 11.5 Å². The highest BCUT2D eigenvalue weighted by molar-refractivity contribution is 5.14. The van der Waals surface area contributed by atoms with Crippen LogP contribution in [0.25, 0.3) is 0 Å². The SMILES string of the molecule is CC(N(C)C)C1(C#N)CC1. The monoisotopic (exact) mass is 138 g/mol. The van der Waals surface area contributed by atoms with Crippen LogP contribution >= 0.6 is 0 Å². The Hall–Kier alpha value is -0.550. The van der Waals surface area contributed by atoms with Crippen LogP contribution in [-0.4, -0.2) is 25.0 Å². The second kappa shape index (κ2) is 2.25. The number of nitrogens with zero attached hydrogens (tertiary/aromatic N) is 2. The van der Waals surface area contributed by atoms with Gasteiger partial charge in [0.15, 0.2) is 0 Å². The average Bonchev–Trinajstić information content (AvgIpc) is 2.66. The molecule has 1 unspecified atom stereocenters. The van der Waals surface area contributed by atoms with Crippen molar-refractivity contribution in [3.63, 3.8) is 0 Å². The van der Waals surface area contributed by atoms with Crippen molar-refractivity contribution in [1.29, 1.82) is 5.26 Å². The van der Waals surface area contributed by atoms with Gasteiger partial charge in [0.2, 0.25) is 0 Å². The molecular weight excluding hydrogens is 124 g/mol. The van der Waals surface area contributed by atoms with Gasteiger partial charge >= 0.3 is 0 Å². The van der Waals surface area contributed by atoms with Gasteiger partial charge in [-0.25, -0.2) is 0 Å². The Morgan fingerprint density at radius 1 is 1.50 bits per heavy atom. The first-order valence-corrected chi connectivity index (χ1v) is 3.70. The van der Waals surface area contributed by atoms with E-state index in [4.69, 9.17) is 5.26 Å². The molecule has 1 fully saturated rings. The molecule has 0 N–H and O–H groups in total. The average molecular weight is 138 g/mol. The van der Waals surface area contributed by atoms with Gasteiger partial charge < -0.3 is 4.90 Å². The van der Waals surface area contributed by atoms with E-state index < -0.39 is 0 Å². The molecule has 0 spiro atoms. The third-order valence-corrected chi connectivity index (χ3v) is 2.59. The van der Waals surface area contributed by atoms with Crippen LogP contribution in [0.2, 0.25) is 0 Å². The fourth-order valence-corrected chi connectivity index (χ4v) is 1.25. The van der Waals surface area contributed by atoms with Gasteiger partial charge in [-0.3, -0.25) is 0 Å². The maximum Gasteiger partial charge on any atom is 0.0727 e. The lowest BCUT2D eigenvalue weighted by atomic mass is 9.99. The summed E-state index contributed by atoms with van der Waals surface area (Å²) in [5, 5.41) is 8.80. The van der Waals surface area contributed by atoms with Gasteiger partial charge in [0, 0.05) is 6.04 Å². The van der Waals surface area contributed by atoms with Crippen LogP contribution in [0.5, 0.6) is 0 Å². The zero-order valence-corrected chi connectivity index (χ0v) is 6.89. The van der Waals surface area contributed by atoms with Crippen LogP contribution in [0.1, 0.15) is 19.8 Å². The zero-order chi connectivity index (χ0) is 7.78. The Bertz CT molecular complexity index is 163. The van der Waals surface area contributed by atoms with Gasteiger partial charge in [-0.15, -0.1) is 0 Å². The second-order valence-electron chi connectivity index (χ2n) is 3.41. The molecule has 0 bridgehead atoms. The van der Waals surface area contributed by atoms with Gasteiger partial charge in [-0.2, -0.15) is 5.26 Å². The Morgan fingerprint density at radius 3 is 2.10 bits per heavy atom. The highest BCUT2D eigenvalue weighted by Crippen LogP contribution is 2.49. The molecule has 0 heterocycles. The van der Waals surface area contributed by atoms with E-state index in [-0.39, 0.29) is 5.41 Å². The summed E-state index contributed by atoms with van der Waals surface area (Å²) in [6, 6.07) is 2.81. The van der Waals surface area contributed by atoms with E-state index in [1.54, 1.807) is 0 Å². The lowest BCUT2D eigenvalue weighted by molar-refractivity contribution is 0.248. The fraction of sp³-hybridized carbons (Fsp3) is 0.875. The topological polar surface area (TPSA) is 27.0 Å². The van der Waals surface area contributed by atoms with E-state index in [9.17, 15) is 0 Å². The summed E-state index contributed by atoms with van der Waals surface area (Å²) in [5.74, 6) is 0. The highest BCUT2D eigenvalue weighted by Gasteiger charge is 2.48. The van der Waals surface area contributed by atoms with Crippen molar-refractivity contribution in [2.75, 3.05) is 14.1 Å². The van der Waals surface area contributed by atoms with Crippen LogP contribution in [-0.2, 0) is 0 Å². The van der Waals surface area contributed by atoms with E-state index in [0.29, 0.717) is 6.04 Å². The Balaban J connectivity index is 2.58. The van der Waals surface area contributed by atoms with Crippen molar-refractivity contribution in [3.05, 3.63) is 0 Å². The van der Waals surface area contributed by atoms with Gasteiger partial charge in [-0.05, 0) is 33.9 Å². The highest BCUT2D eigenvalue weighted by atomic mass is 15.1. The lowest BCUT2D eigenvalue weighted by Gasteiger charge is -2.23. The van der Waals surface area contributed by atoms with Gasteiger partial charge in [0.25, 0.3) is 0 Å². The largest absolute Gasteiger partial charge is 0.305 e. The summed E-state index contributed by atoms with van der Waals surface area (Å²) in [6.45, 7) is 2.12. The summed E-state index contributed by atoms with van der Waals surface area (Å²) in [6.07, 6.45) is 2.17. The molecule has 0 radical (unpaired) electrons. The normalized spacial score (nSPS) is 23.9. The molecule has 2 heteroatoms. The molecule has 1 rings (SSSR count). The number of hydrogen-bond acceptors (Lipinski definition) is 2. The van der Waals surface area contributed by atoms with Crippen molar-refractivity contribution in [1.82, 2.24) is 4.90 Å². The summed E-state index contributed by atoms with van der Waals surface area (Å²) in [7, 11) is 4.06. The summed E-state index contributed by atoms with van der Waals surface area (Å²) < 4.78 is 0. The van der Waals surface area contributed by atoms with E-state index >= 15 is 0 Å². The molecule has 1 aliphatic carbocycles. The van der Waals surface area contributed by atoms with Crippen LogP contribution in [0, 0.1) is 16.7 Å². The third-order valence-electron chi connectivity index (χ3n) is 2.59. The zero-order valence-electron chi connectivity index (χ0n) is 6.89. The van der Waals surface area contributed by atoms with E-state index in [1.165, 1.54) is 0 Å². The predicted octanol–water partition coefficient (Wildman–Crippen LogP) is 1.24. The first kappa shape index (κ1) is 7.56. The van der Waals surface area contributed by atoms with Gasteiger partial charge in [-0.1, -0.05) is 0 Å². The maximum atomic E-state index is 8.80. The first-order chi connectivity index (χ1) is 4.62. The van der Waals surface area contributed by atoms with Crippen LogP contribution < -0.4 is 0 Å². The molecule has 0 aromatic carbocycles. The fourth-order valence-electron chi connectivity index (χ4n) is 1.25. The van der Waals surface area contributed by atoms with Gasteiger partial charge in [0.1, 0.15) is 0 Å². The third kappa shape index (κ3) is 1.02. The molecule has 2 nitrogen and oxygen atoms in total. The quantitative estimate of drug-likeness (QED) is 0.574. The molecular formula is C8H14N2. The minimum atomic E-state index is 0.00347. The van der Waals surface area contributed by atoms with Crippen molar-refractivity contribution < 1.29 is 0 Å². The van der Waals surface area contributed by atoms with Crippen LogP contribution in [0.15, 0.2) is 0 Å².